The zero-order valence-corrected chi connectivity index (χ0v) is 21.7. The maximum atomic E-state index is 13.6. The number of urea groups is 1. The lowest BCUT2D eigenvalue weighted by Crippen LogP contribution is -2.46. The predicted molar refractivity (Wildman–Crippen MR) is 144 cm³/mol. The fraction of sp³-hybridized carbons (Fsp3) is 0.333. The van der Waals surface area contributed by atoms with Gasteiger partial charge in [-0.05, 0) is 55.7 Å². The van der Waals surface area contributed by atoms with E-state index in [1.807, 2.05) is 17.0 Å². The van der Waals surface area contributed by atoms with Gasteiger partial charge in [-0.1, -0.05) is 23.9 Å². The van der Waals surface area contributed by atoms with Crippen LogP contribution in [-0.4, -0.2) is 50.1 Å². The third-order valence-electron chi connectivity index (χ3n) is 6.94. The van der Waals surface area contributed by atoms with Crippen molar-refractivity contribution in [1.29, 1.82) is 0 Å². The van der Waals surface area contributed by atoms with E-state index >= 15 is 0 Å². The molecule has 3 aliphatic rings. The molecule has 6 rings (SSSR count). The molecule has 1 saturated heterocycles. The van der Waals surface area contributed by atoms with E-state index in [9.17, 15) is 9.18 Å². The molecule has 2 atom stereocenters. The minimum Gasteiger partial charge on any atom is -0.467 e. The second kappa shape index (κ2) is 10.5. The molecule has 2 amide bonds. The molecule has 2 N–H and O–H groups in total. The smallest absolute Gasteiger partial charge is 0.317 e. The number of carbonyl (C=O) groups excluding carboxylic acids is 1. The van der Waals surface area contributed by atoms with E-state index in [0.717, 1.165) is 35.0 Å². The Balaban J connectivity index is 1.12. The summed E-state index contributed by atoms with van der Waals surface area (Å²) in [7, 11) is 0. The summed E-state index contributed by atoms with van der Waals surface area (Å²) >= 11 is 1.64. The van der Waals surface area contributed by atoms with E-state index in [-0.39, 0.29) is 30.0 Å². The minimum absolute atomic E-state index is 0.0891. The number of hydrogen-bond donors (Lipinski definition) is 2. The van der Waals surface area contributed by atoms with E-state index in [2.05, 4.69) is 33.6 Å². The van der Waals surface area contributed by atoms with Gasteiger partial charge in [-0.15, -0.1) is 0 Å². The van der Waals surface area contributed by atoms with Gasteiger partial charge in [-0.25, -0.2) is 19.2 Å². The molecule has 2 unspecified atom stereocenters. The molecule has 9 nitrogen and oxygen atoms in total. The van der Waals surface area contributed by atoms with Gasteiger partial charge in [0.05, 0.1) is 18.5 Å². The van der Waals surface area contributed by atoms with Crippen LogP contribution in [0.5, 0.6) is 0 Å². The fourth-order valence-electron chi connectivity index (χ4n) is 5.03. The van der Waals surface area contributed by atoms with Gasteiger partial charge >= 0.3 is 6.03 Å². The average molecular weight is 534 g/mol. The number of benzene rings is 1. The first-order chi connectivity index (χ1) is 18.5. The third kappa shape index (κ3) is 5.10. The van der Waals surface area contributed by atoms with E-state index < -0.39 is 0 Å². The molecule has 0 saturated carbocycles. The molecule has 1 aromatic carbocycles. The summed E-state index contributed by atoms with van der Waals surface area (Å²) in [4.78, 5) is 32.0. The maximum absolute atomic E-state index is 13.6. The van der Waals surface area contributed by atoms with Crippen LogP contribution in [0.3, 0.4) is 0 Å². The second-order valence-electron chi connectivity index (χ2n) is 9.55. The van der Waals surface area contributed by atoms with Crippen LogP contribution in [0.1, 0.15) is 48.9 Å². The number of anilines is 1. The summed E-state index contributed by atoms with van der Waals surface area (Å²) in [5.74, 6) is 1.02. The number of aliphatic imine (C=N–C) groups is 1. The normalized spacial score (nSPS) is 21.2. The number of piperidine rings is 1. The standard InChI is InChI=1S/C27H28FN7O2S/c1-17-16-35-24(23(33-27(35)38-17)18-4-6-19(28)7-5-18)22-8-11-29-25(32-22)31-20-9-12-34(13-10-20)26(36)30-15-21-3-2-14-37-21/h2-8,11,14,16,20,23-24H,9-10,12-13,15H2,1H3,(H,30,36)(H,29,31,32). The molecule has 3 aliphatic heterocycles. The SMILES string of the molecule is CC1=CN2C(=NC(c3ccc(F)cc3)C2c2ccnc(NC3CCN(C(=O)NCc4ccco4)CC3)n2)S1. The third-order valence-corrected chi connectivity index (χ3v) is 7.87. The number of carbonyl (C=O) groups is 1. The largest absolute Gasteiger partial charge is 0.467 e. The molecule has 0 radical (unpaired) electrons. The highest BCUT2D eigenvalue weighted by Crippen LogP contribution is 2.48. The van der Waals surface area contributed by atoms with Crippen LogP contribution in [0.4, 0.5) is 15.1 Å². The number of amidine groups is 1. The first kappa shape index (κ1) is 24.5. The minimum atomic E-state index is -0.267. The number of amides is 2. The molecular weight excluding hydrogens is 505 g/mol. The van der Waals surface area contributed by atoms with Crippen molar-refractivity contribution in [2.45, 2.75) is 44.4 Å². The van der Waals surface area contributed by atoms with Crippen molar-refractivity contribution in [3.8, 4) is 0 Å². The number of nitrogens with one attached hydrogen (secondary N) is 2. The maximum Gasteiger partial charge on any atom is 0.317 e. The predicted octanol–water partition coefficient (Wildman–Crippen LogP) is 5.06. The first-order valence-electron chi connectivity index (χ1n) is 12.7. The van der Waals surface area contributed by atoms with Crippen molar-refractivity contribution < 1.29 is 13.6 Å². The van der Waals surface area contributed by atoms with E-state index in [1.165, 1.54) is 17.0 Å². The van der Waals surface area contributed by atoms with Gasteiger partial charge in [0.1, 0.15) is 23.7 Å². The van der Waals surface area contributed by atoms with E-state index in [0.29, 0.717) is 25.6 Å². The second-order valence-corrected chi connectivity index (χ2v) is 10.8. The number of furan rings is 1. The average Bonchev–Trinajstić information content (AvgIpc) is 3.65. The lowest BCUT2D eigenvalue weighted by molar-refractivity contribution is 0.182. The number of halogens is 1. The Morgan fingerprint density at radius 1 is 1.18 bits per heavy atom. The Morgan fingerprint density at radius 2 is 2.00 bits per heavy atom. The van der Waals surface area contributed by atoms with Crippen LogP contribution < -0.4 is 10.6 Å². The highest BCUT2D eigenvalue weighted by atomic mass is 32.2. The summed E-state index contributed by atoms with van der Waals surface area (Å²) in [6.07, 6.45) is 7.04. The van der Waals surface area contributed by atoms with Gasteiger partial charge in [-0.3, -0.25) is 4.99 Å². The van der Waals surface area contributed by atoms with Crippen molar-refractivity contribution in [1.82, 2.24) is 25.1 Å². The number of rotatable bonds is 6. The zero-order valence-electron chi connectivity index (χ0n) is 20.9. The van der Waals surface area contributed by atoms with Crippen molar-refractivity contribution in [2.75, 3.05) is 18.4 Å². The Kier molecular flexibility index (Phi) is 6.75. The van der Waals surface area contributed by atoms with Crippen LogP contribution in [0.25, 0.3) is 0 Å². The molecule has 3 aromatic rings. The molecule has 11 heteroatoms. The van der Waals surface area contributed by atoms with E-state index in [4.69, 9.17) is 14.4 Å². The highest BCUT2D eigenvalue weighted by Gasteiger charge is 2.41. The van der Waals surface area contributed by atoms with Gasteiger partial charge in [0.2, 0.25) is 5.95 Å². The Bertz CT molecular complexity index is 1350. The Morgan fingerprint density at radius 3 is 2.76 bits per heavy atom. The molecular formula is C27H28FN7O2S. The molecule has 0 aliphatic carbocycles. The van der Waals surface area contributed by atoms with Crippen molar-refractivity contribution in [2.24, 2.45) is 4.99 Å². The molecule has 2 aromatic heterocycles. The Labute approximate surface area is 224 Å². The fourth-order valence-corrected chi connectivity index (χ4v) is 5.93. The van der Waals surface area contributed by atoms with Crippen LogP contribution in [0.15, 0.2) is 75.4 Å². The topological polar surface area (TPSA) is 98.9 Å². The van der Waals surface area contributed by atoms with Crippen LogP contribution >= 0.6 is 11.8 Å². The van der Waals surface area contributed by atoms with Crippen molar-refractivity contribution in [3.63, 3.8) is 0 Å². The first-order valence-corrected chi connectivity index (χ1v) is 13.5. The summed E-state index contributed by atoms with van der Waals surface area (Å²) in [6, 6.07) is 11.8. The summed E-state index contributed by atoms with van der Waals surface area (Å²) < 4.78 is 18.9. The lowest BCUT2D eigenvalue weighted by Gasteiger charge is -2.32. The van der Waals surface area contributed by atoms with Crippen molar-refractivity contribution >= 4 is 28.9 Å². The van der Waals surface area contributed by atoms with Gasteiger partial charge in [0.25, 0.3) is 0 Å². The lowest BCUT2D eigenvalue weighted by atomic mass is 9.97. The van der Waals surface area contributed by atoms with Crippen LogP contribution in [-0.2, 0) is 6.54 Å². The Hall–Kier alpha value is -3.86. The molecule has 1 fully saturated rings. The number of allylic oxidation sites excluding steroid dienone is 1. The van der Waals surface area contributed by atoms with Gasteiger partial charge in [0, 0.05) is 36.4 Å². The molecule has 196 valence electrons. The number of nitrogens with zero attached hydrogens (tertiary/aromatic N) is 5. The molecule has 38 heavy (non-hydrogen) atoms. The van der Waals surface area contributed by atoms with Gasteiger partial charge < -0.3 is 24.9 Å². The number of aromatic nitrogens is 2. The summed E-state index contributed by atoms with van der Waals surface area (Å²) in [6.45, 7) is 3.72. The molecule has 5 heterocycles. The molecule has 0 spiro atoms. The number of thioether (sulfide) groups is 1. The summed E-state index contributed by atoms with van der Waals surface area (Å²) in [5, 5.41) is 7.30. The molecule has 0 bridgehead atoms. The number of fused-ring (bicyclic) bond motifs is 1. The quantitative estimate of drug-likeness (QED) is 0.457. The summed E-state index contributed by atoms with van der Waals surface area (Å²) in [5.41, 5.74) is 1.78. The van der Waals surface area contributed by atoms with Crippen LogP contribution in [0, 0.1) is 5.82 Å². The zero-order chi connectivity index (χ0) is 26.1. The van der Waals surface area contributed by atoms with Crippen LogP contribution in [0.2, 0.25) is 0 Å². The van der Waals surface area contributed by atoms with E-state index in [1.54, 1.807) is 42.4 Å². The number of hydrogen-bond acceptors (Lipinski definition) is 8. The van der Waals surface area contributed by atoms with Gasteiger partial charge in [0.15, 0.2) is 5.17 Å². The van der Waals surface area contributed by atoms with Crippen molar-refractivity contribution in [3.05, 3.63) is 88.9 Å². The number of likely N-dealkylation sites (tertiary alicyclic amines) is 1. The highest BCUT2D eigenvalue weighted by molar-refractivity contribution is 8.17. The van der Waals surface area contributed by atoms with Gasteiger partial charge in [-0.2, -0.15) is 0 Å². The monoisotopic (exact) mass is 533 g/mol.